The zero-order chi connectivity index (χ0) is 20.3. The number of aromatic carboxylic acids is 1. The van der Waals surface area contributed by atoms with Gasteiger partial charge < -0.3 is 16.3 Å². The number of halogens is 2. The standard InChI is InChI=1S/C17H13Cl2N5O3S/c18-10-3-6-12(13(19)7-10)15-22-23-17(24(15)20)28-8-14(25)21-11-4-1-9(2-5-11)16(26)27/h1-7H,8,20H2,(H,21,25)(H,26,27). The Morgan fingerprint density at radius 3 is 2.50 bits per heavy atom. The van der Waals surface area contributed by atoms with Crippen LogP contribution in [0.15, 0.2) is 47.6 Å². The number of carbonyl (C=O) groups is 2. The van der Waals surface area contributed by atoms with Gasteiger partial charge in [-0.3, -0.25) is 4.79 Å². The van der Waals surface area contributed by atoms with Crippen molar-refractivity contribution in [2.45, 2.75) is 5.16 Å². The average molecular weight is 438 g/mol. The van der Waals surface area contributed by atoms with E-state index in [2.05, 4.69) is 15.5 Å². The van der Waals surface area contributed by atoms with Gasteiger partial charge in [0, 0.05) is 16.3 Å². The number of nitrogens with one attached hydrogen (secondary N) is 1. The first-order valence-corrected chi connectivity index (χ1v) is 9.51. The van der Waals surface area contributed by atoms with Crippen LogP contribution in [0, 0.1) is 0 Å². The van der Waals surface area contributed by atoms with E-state index in [1.54, 1.807) is 18.2 Å². The van der Waals surface area contributed by atoms with Gasteiger partial charge in [0.05, 0.1) is 16.3 Å². The third kappa shape index (κ3) is 4.56. The van der Waals surface area contributed by atoms with Crippen molar-refractivity contribution in [3.05, 3.63) is 58.1 Å². The number of nitrogens with two attached hydrogens (primary N) is 1. The topological polar surface area (TPSA) is 123 Å². The highest BCUT2D eigenvalue weighted by atomic mass is 35.5. The number of aromatic nitrogens is 3. The van der Waals surface area contributed by atoms with Crippen LogP contribution in [0.5, 0.6) is 0 Å². The van der Waals surface area contributed by atoms with Gasteiger partial charge in [0.2, 0.25) is 11.1 Å². The summed E-state index contributed by atoms with van der Waals surface area (Å²) >= 11 is 13.1. The lowest BCUT2D eigenvalue weighted by Crippen LogP contribution is -2.16. The minimum absolute atomic E-state index is 0.0321. The summed E-state index contributed by atoms with van der Waals surface area (Å²) in [4.78, 5) is 22.9. The fourth-order valence-electron chi connectivity index (χ4n) is 2.25. The number of anilines is 1. The van der Waals surface area contributed by atoms with Crippen LogP contribution in [0.2, 0.25) is 10.0 Å². The van der Waals surface area contributed by atoms with Gasteiger partial charge in [0.25, 0.3) is 0 Å². The Hall–Kier alpha value is -2.75. The number of carbonyl (C=O) groups excluding carboxylic acids is 1. The second-order valence-corrected chi connectivity index (χ2v) is 7.31. The molecule has 0 spiro atoms. The molecule has 0 aliphatic rings. The lowest BCUT2D eigenvalue weighted by atomic mass is 10.2. The van der Waals surface area contributed by atoms with Gasteiger partial charge in [0.1, 0.15) is 0 Å². The highest BCUT2D eigenvalue weighted by Crippen LogP contribution is 2.30. The maximum absolute atomic E-state index is 12.1. The molecule has 1 aromatic heterocycles. The molecule has 144 valence electrons. The molecular formula is C17H13Cl2N5O3S. The quantitative estimate of drug-likeness (QED) is 0.398. The molecule has 3 rings (SSSR count). The summed E-state index contributed by atoms with van der Waals surface area (Å²) in [7, 11) is 0. The van der Waals surface area contributed by atoms with Gasteiger partial charge in [-0.25, -0.2) is 9.47 Å². The Bertz CT molecular complexity index is 1040. The van der Waals surface area contributed by atoms with Crippen LogP contribution in [0.25, 0.3) is 11.4 Å². The van der Waals surface area contributed by atoms with Crippen LogP contribution in [0.4, 0.5) is 5.69 Å². The summed E-state index contributed by atoms with van der Waals surface area (Å²) in [6.45, 7) is 0. The van der Waals surface area contributed by atoms with E-state index in [-0.39, 0.29) is 17.2 Å². The van der Waals surface area contributed by atoms with E-state index in [4.69, 9.17) is 34.2 Å². The van der Waals surface area contributed by atoms with Crippen molar-refractivity contribution in [1.82, 2.24) is 14.9 Å². The van der Waals surface area contributed by atoms with Crippen molar-refractivity contribution in [2.24, 2.45) is 0 Å². The first-order chi connectivity index (χ1) is 13.3. The minimum Gasteiger partial charge on any atom is -0.478 e. The van der Waals surface area contributed by atoms with E-state index in [1.807, 2.05) is 0 Å². The number of nitrogen functional groups attached to an aromatic ring is 1. The smallest absolute Gasteiger partial charge is 0.335 e. The first-order valence-electron chi connectivity index (χ1n) is 7.77. The van der Waals surface area contributed by atoms with Gasteiger partial charge in [-0.05, 0) is 42.5 Å². The lowest BCUT2D eigenvalue weighted by molar-refractivity contribution is -0.113. The van der Waals surface area contributed by atoms with Crippen LogP contribution in [0.1, 0.15) is 10.4 Å². The van der Waals surface area contributed by atoms with E-state index >= 15 is 0 Å². The van der Waals surface area contributed by atoms with Crippen molar-refractivity contribution in [3.8, 4) is 11.4 Å². The predicted molar refractivity (Wildman–Crippen MR) is 108 cm³/mol. The molecule has 2 aromatic carbocycles. The maximum atomic E-state index is 12.1. The largest absolute Gasteiger partial charge is 0.478 e. The SMILES string of the molecule is Nn1c(SCC(=O)Nc2ccc(C(=O)O)cc2)nnc1-c1ccc(Cl)cc1Cl. The molecule has 4 N–H and O–H groups in total. The molecule has 0 saturated carbocycles. The molecule has 0 unspecified atom stereocenters. The lowest BCUT2D eigenvalue weighted by Gasteiger charge is -2.07. The molecule has 3 aromatic rings. The fraction of sp³-hybridized carbons (Fsp3) is 0.0588. The maximum Gasteiger partial charge on any atom is 0.335 e. The summed E-state index contributed by atoms with van der Waals surface area (Å²) in [5, 5.41) is 20.7. The van der Waals surface area contributed by atoms with Crippen molar-refractivity contribution < 1.29 is 14.7 Å². The van der Waals surface area contributed by atoms with Crippen LogP contribution in [0.3, 0.4) is 0 Å². The zero-order valence-electron chi connectivity index (χ0n) is 14.1. The third-order valence-corrected chi connectivity index (χ3v) is 5.08. The van der Waals surface area contributed by atoms with Crippen molar-refractivity contribution in [2.75, 3.05) is 16.9 Å². The molecule has 11 heteroatoms. The summed E-state index contributed by atoms with van der Waals surface area (Å²) in [6, 6.07) is 10.7. The molecule has 1 amide bonds. The molecule has 0 fully saturated rings. The number of carboxylic acid groups (broad SMARTS) is 1. The second-order valence-electron chi connectivity index (χ2n) is 5.52. The number of hydrogen-bond acceptors (Lipinski definition) is 6. The number of thioether (sulfide) groups is 1. The van der Waals surface area contributed by atoms with Crippen molar-refractivity contribution >= 4 is 52.5 Å². The van der Waals surface area contributed by atoms with Crippen LogP contribution < -0.4 is 11.2 Å². The van der Waals surface area contributed by atoms with Gasteiger partial charge in [-0.2, -0.15) is 0 Å². The molecule has 0 atom stereocenters. The monoisotopic (exact) mass is 437 g/mol. The number of nitrogens with zero attached hydrogens (tertiary/aromatic N) is 3. The van der Waals surface area contributed by atoms with Crippen molar-refractivity contribution in [3.63, 3.8) is 0 Å². The summed E-state index contributed by atoms with van der Waals surface area (Å²) in [5.74, 6) is 5.05. The Kier molecular flexibility index (Phi) is 6.08. The van der Waals surface area contributed by atoms with Crippen LogP contribution >= 0.6 is 35.0 Å². The second kappa shape index (κ2) is 8.51. The van der Waals surface area contributed by atoms with Gasteiger partial charge >= 0.3 is 5.97 Å². The normalized spacial score (nSPS) is 10.6. The third-order valence-electron chi connectivity index (χ3n) is 3.58. The number of carboxylic acids is 1. The Labute approximate surface area is 173 Å². The van der Waals surface area contributed by atoms with E-state index in [0.29, 0.717) is 32.3 Å². The molecule has 8 nitrogen and oxygen atoms in total. The van der Waals surface area contributed by atoms with E-state index in [1.165, 1.54) is 28.9 Å². The number of amides is 1. The molecule has 0 saturated heterocycles. The van der Waals surface area contributed by atoms with Gasteiger partial charge in [-0.15, -0.1) is 10.2 Å². The van der Waals surface area contributed by atoms with E-state index in [0.717, 1.165) is 11.8 Å². The number of benzene rings is 2. The Balaban J connectivity index is 1.64. The number of rotatable bonds is 6. The fourth-order valence-corrected chi connectivity index (χ4v) is 3.40. The molecule has 0 radical (unpaired) electrons. The predicted octanol–water partition coefficient (Wildman–Crippen LogP) is 3.39. The van der Waals surface area contributed by atoms with E-state index in [9.17, 15) is 9.59 Å². The van der Waals surface area contributed by atoms with Gasteiger partial charge in [-0.1, -0.05) is 35.0 Å². The minimum atomic E-state index is -1.03. The molecule has 0 aliphatic carbocycles. The Morgan fingerprint density at radius 2 is 1.86 bits per heavy atom. The zero-order valence-corrected chi connectivity index (χ0v) is 16.4. The average Bonchev–Trinajstić information content (AvgIpc) is 3.01. The van der Waals surface area contributed by atoms with Crippen LogP contribution in [-0.2, 0) is 4.79 Å². The summed E-state index contributed by atoms with van der Waals surface area (Å²) in [5.41, 5.74) is 1.19. The van der Waals surface area contributed by atoms with E-state index < -0.39 is 5.97 Å². The summed E-state index contributed by atoms with van der Waals surface area (Å²) < 4.78 is 1.24. The highest BCUT2D eigenvalue weighted by Gasteiger charge is 2.16. The molecule has 1 heterocycles. The summed E-state index contributed by atoms with van der Waals surface area (Å²) in [6.07, 6.45) is 0. The molecular weight excluding hydrogens is 425 g/mol. The Morgan fingerprint density at radius 1 is 1.14 bits per heavy atom. The molecule has 0 aliphatic heterocycles. The molecule has 0 bridgehead atoms. The van der Waals surface area contributed by atoms with Crippen LogP contribution in [-0.4, -0.2) is 37.6 Å². The highest BCUT2D eigenvalue weighted by molar-refractivity contribution is 7.99. The van der Waals surface area contributed by atoms with Gasteiger partial charge in [0.15, 0.2) is 5.82 Å². The first kappa shape index (κ1) is 20.0. The van der Waals surface area contributed by atoms with Crippen molar-refractivity contribution in [1.29, 1.82) is 0 Å². The number of hydrogen-bond donors (Lipinski definition) is 3. The molecule has 28 heavy (non-hydrogen) atoms.